The van der Waals surface area contributed by atoms with Crippen molar-refractivity contribution in [3.63, 3.8) is 0 Å². The van der Waals surface area contributed by atoms with E-state index in [0.717, 1.165) is 9.13 Å². The van der Waals surface area contributed by atoms with Crippen LogP contribution in [0.25, 0.3) is 0 Å². The highest BCUT2D eigenvalue weighted by molar-refractivity contribution is 5.63. The summed E-state index contributed by atoms with van der Waals surface area (Å²) in [6, 6.07) is 5.28. The zero-order valence-corrected chi connectivity index (χ0v) is 16.6. The molecule has 29 heavy (non-hydrogen) atoms. The van der Waals surface area contributed by atoms with Crippen LogP contribution in [0.5, 0.6) is 23.1 Å². The van der Waals surface area contributed by atoms with Gasteiger partial charge in [0.05, 0.1) is 32.8 Å². The maximum absolute atomic E-state index is 13.0. The highest BCUT2D eigenvalue weighted by Crippen LogP contribution is 2.48. The molecule has 1 aliphatic heterocycles. The van der Waals surface area contributed by atoms with Crippen molar-refractivity contribution in [1.29, 1.82) is 5.26 Å². The van der Waals surface area contributed by atoms with Crippen LogP contribution in [0.15, 0.2) is 33.2 Å². The smallest absolute Gasteiger partial charge is 0.333 e. The molecule has 0 aliphatic carbocycles. The van der Waals surface area contributed by atoms with Crippen LogP contribution < -0.4 is 35.9 Å². The van der Waals surface area contributed by atoms with E-state index in [1.165, 1.54) is 35.4 Å². The largest absolute Gasteiger partial charge is 0.493 e. The maximum Gasteiger partial charge on any atom is 0.333 e. The summed E-state index contributed by atoms with van der Waals surface area (Å²) >= 11 is 0. The Morgan fingerprint density at radius 2 is 1.72 bits per heavy atom. The Hall–Kier alpha value is -3.87. The van der Waals surface area contributed by atoms with Gasteiger partial charge in [-0.1, -0.05) is 6.07 Å². The van der Waals surface area contributed by atoms with E-state index in [0.29, 0.717) is 11.3 Å². The summed E-state index contributed by atoms with van der Waals surface area (Å²) < 4.78 is 23.9. The highest BCUT2D eigenvalue weighted by Gasteiger charge is 2.38. The Balaban J connectivity index is 2.47. The van der Waals surface area contributed by atoms with Gasteiger partial charge in [-0.25, -0.2) is 4.79 Å². The van der Waals surface area contributed by atoms with Crippen molar-refractivity contribution in [3.05, 3.63) is 55.6 Å². The lowest BCUT2D eigenvalue weighted by Crippen LogP contribution is -2.42. The number of nitrogens with zero attached hydrogens (tertiary/aromatic N) is 3. The molecule has 1 aliphatic rings. The number of fused-ring (bicyclic) bond motifs is 1. The monoisotopic (exact) mass is 400 g/mol. The van der Waals surface area contributed by atoms with Crippen LogP contribution in [-0.4, -0.2) is 30.5 Å². The molecule has 0 fully saturated rings. The van der Waals surface area contributed by atoms with Crippen molar-refractivity contribution in [2.24, 2.45) is 19.8 Å². The van der Waals surface area contributed by atoms with Crippen LogP contribution in [0.2, 0.25) is 0 Å². The van der Waals surface area contributed by atoms with E-state index >= 15 is 0 Å². The van der Waals surface area contributed by atoms with Crippen molar-refractivity contribution in [2.45, 2.75) is 5.92 Å². The van der Waals surface area contributed by atoms with Crippen LogP contribution in [0.3, 0.4) is 0 Å². The SMILES string of the molecule is COc1ccc([C@H]2C(C#N)=C(N)Oc3c2c(=O)n(C)c(=O)n3C)c(OC)c1OC. The Morgan fingerprint density at radius 1 is 1.07 bits per heavy atom. The summed E-state index contributed by atoms with van der Waals surface area (Å²) in [4.78, 5) is 25.3. The van der Waals surface area contributed by atoms with Gasteiger partial charge in [0.2, 0.25) is 17.5 Å². The number of nitriles is 1. The van der Waals surface area contributed by atoms with E-state index in [1.54, 1.807) is 12.1 Å². The minimum Gasteiger partial charge on any atom is -0.493 e. The summed E-state index contributed by atoms with van der Waals surface area (Å²) in [5, 5.41) is 9.75. The average Bonchev–Trinajstić information content (AvgIpc) is 2.73. The molecular formula is C19H20N4O6. The molecule has 0 radical (unpaired) electrons. The lowest BCUT2D eigenvalue weighted by molar-refractivity contribution is 0.319. The Bertz CT molecular complexity index is 1190. The third-order valence-corrected chi connectivity index (χ3v) is 4.86. The number of hydrogen-bond donors (Lipinski definition) is 1. The molecule has 1 aromatic carbocycles. The van der Waals surface area contributed by atoms with Crippen LogP contribution in [0, 0.1) is 11.3 Å². The van der Waals surface area contributed by atoms with Crippen molar-refractivity contribution >= 4 is 0 Å². The second kappa shape index (κ2) is 7.27. The van der Waals surface area contributed by atoms with Gasteiger partial charge in [-0.2, -0.15) is 5.26 Å². The Morgan fingerprint density at radius 3 is 2.28 bits per heavy atom. The van der Waals surface area contributed by atoms with Gasteiger partial charge in [-0.15, -0.1) is 0 Å². The quantitative estimate of drug-likeness (QED) is 0.777. The predicted octanol–water partition coefficient (Wildman–Crippen LogP) is 0.328. The number of aromatic nitrogens is 2. The molecule has 2 aromatic rings. The molecule has 2 heterocycles. The third-order valence-electron chi connectivity index (χ3n) is 4.86. The zero-order valence-electron chi connectivity index (χ0n) is 16.6. The topological polar surface area (TPSA) is 131 Å². The molecule has 10 heteroatoms. The summed E-state index contributed by atoms with van der Waals surface area (Å²) in [6.45, 7) is 0. The average molecular weight is 400 g/mol. The lowest BCUT2D eigenvalue weighted by atomic mass is 9.84. The molecule has 0 unspecified atom stereocenters. The third kappa shape index (κ3) is 2.79. The number of ether oxygens (including phenoxy) is 4. The minimum absolute atomic E-state index is 0.0127. The summed E-state index contributed by atoms with van der Waals surface area (Å²) in [5.41, 5.74) is 5.32. The zero-order chi connectivity index (χ0) is 21.5. The number of allylic oxidation sites excluding steroid dienone is 1. The number of methoxy groups -OCH3 is 3. The second-order valence-corrected chi connectivity index (χ2v) is 6.27. The predicted molar refractivity (Wildman–Crippen MR) is 102 cm³/mol. The van der Waals surface area contributed by atoms with E-state index in [-0.39, 0.29) is 34.4 Å². The number of benzene rings is 1. The molecule has 2 N–H and O–H groups in total. The first-order chi connectivity index (χ1) is 13.8. The molecule has 0 bridgehead atoms. The number of hydrogen-bond acceptors (Lipinski definition) is 8. The van der Waals surface area contributed by atoms with E-state index < -0.39 is 17.2 Å². The Kier molecular flexibility index (Phi) is 4.99. The van der Waals surface area contributed by atoms with Gasteiger partial charge in [-0.05, 0) is 6.07 Å². The molecular weight excluding hydrogens is 380 g/mol. The number of nitrogens with two attached hydrogens (primary N) is 1. The molecule has 10 nitrogen and oxygen atoms in total. The molecule has 0 saturated heterocycles. The first-order valence-electron chi connectivity index (χ1n) is 8.48. The molecule has 3 rings (SSSR count). The van der Waals surface area contributed by atoms with Gasteiger partial charge in [0.1, 0.15) is 11.6 Å². The van der Waals surface area contributed by atoms with Gasteiger partial charge >= 0.3 is 5.69 Å². The fourth-order valence-electron chi connectivity index (χ4n) is 3.45. The van der Waals surface area contributed by atoms with Gasteiger partial charge in [0, 0.05) is 19.7 Å². The summed E-state index contributed by atoms with van der Waals surface area (Å²) in [5.74, 6) is -0.214. The van der Waals surface area contributed by atoms with E-state index in [9.17, 15) is 14.9 Å². The van der Waals surface area contributed by atoms with Gasteiger partial charge in [0.15, 0.2) is 11.5 Å². The van der Waals surface area contributed by atoms with Crippen LogP contribution in [0.4, 0.5) is 0 Å². The normalized spacial score (nSPS) is 15.2. The van der Waals surface area contributed by atoms with Crippen molar-refractivity contribution in [1.82, 2.24) is 9.13 Å². The fraction of sp³-hybridized carbons (Fsp3) is 0.316. The molecule has 0 spiro atoms. The molecule has 1 atom stereocenters. The summed E-state index contributed by atoms with van der Waals surface area (Å²) in [7, 11) is 7.15. The van der Waals surface area contributed by atoms with Crippen molar-refractivity contribution < 1.29 is 18.9 Å². The minimum atomic E-state index is -0.941. The Labute approximate surface area is 165 Å². The van der Waals surface area contributed by atoms with Crippen LogP contribution in [-0.2, 0) is 14.1 Å². The highest BCUT2D eigenvalue weighted by atomic mass is 16.5. The van der Waals surface area contributed by atoms with Gasteiger partial charge in [0.25, 0.3) is 5.56 Å². The van der Waals surface area contributed by atoms with Gasteiger partial charge in [-0.3, -0.25) is 13.9 Å². The van der Waals surface area contributed by atoms with Crippen LogP contribution in [0.1, 0.15) is 17.0 Å². The van der Waals surface area contributed by atoms with E-state index in [2.05, 4.69) is 0 Å². The lowest BCUT2D eigenvalue weighted by Gasteiger charge is -2.28. The first-order valence-corrected chi connectivity index (χ1v) is 8.48. The van der Waals surface area contributed by atoms with Crippen LogP contribution >= 0.6 is 0 Å². The molecule has 1 aromatic heterocycles. The summed E-state index contributed by atoms with van der Waals surface area (Å²) in [6.07, 6.45) is 0. The second-order valence-electron chi connectivity index (χ2n) is 6.27. The molecule has 0 amide bonds. The number of rotatable bonds is 4. The van der Waals surface area contributed by atoms with Crippen molar-refractivity contribution in [2.75, 3.05) is 21.3 Å². The van der Waals surface area contributed by atoms with E-state index in [4.69, 9.17) is 24.7 Å². The molecule has 152 valence electrons. The molecule has 0 saturated carbocycles. The maximum atomic E-state index is 13.0. The van der Waals surface area contributed by atoms with E-state index in [1.807, 2.05) is 6.07 Å². The first kappa shape index (κ1) is 19.9. The van der Waals surface area contributed by atoms with Crippen molar-refractivity contribution in [3.8, 4) is 29.2 Å². The fourth-order valence-corrected chi connectivity index (χ4v) is 3.45. The van der Waals surface area contributed by atoms with Gasteiger partial charge < -0.3 is 24.7 Å². The standard InChI is InChI=1S/C19H20N4O6/c1-22-17(24)13-12(9-6-7-11(26-3)15(28-5)14(9)27-4)10(8-20)16(21)29-18(13)23(2)19(22)25/h6-7,12H,21H2,1-5H3/t12-/m0/s1.